The fourth-order valence-corrected chi connectivity index (χ4v) is 0.915. The molecule has 0 atom stereocenters. The SMILES string of the molecule is [CH2]OCC(=O)NC1CCC1. The highest BCUT2D eigenvalue weighted by atomic mass is 16.5. The first-order valence-electron chi connectivity index (χ1n) is 3.49. The molecule has 1 radical (unpaired) electrons. The van der Waals surface area contributed by atoms with Gasteiger partial charge in [0.15, 0.2) is 0 Å². The van der Waals surface area contributed by atoms with Crippen LogP contribution >= 0.6 is 0 Å². The van der Waals surface area contributed by atoms with Gasteiger partial charge >= 0.3 is 0 Å². The first-order chi connectivity index (χ1) is 4.83. The number of carbonyl (C=O) groups excluding carboxylic acids is 1. The fraction of sp³-hybridized carbons (Fsp3) is 0.714. The summed E-state index contributed by atoms with van der Waals surface area (Å²) in [5.74, 6) is -0.0558. The maximum atomic E-state index is 10.8. The van der Waals surface area contributed by atoms with E-state index in [1.807, 2.05) is 0 Å². The van der Waals surface area contributed by atoms with Crippen LogP contribution in [0.25, 0.3) is 0 Å². The Labute approximate surface area is 60.7 Å². The number of rotatable bonds is 3. The summed E-state index contributed by atoms with van der Waals surface area (Å²) in [7, 11) is 3.12. The first-order valence-corrected chi connectivity index (χ1v) is 3.49. The van der Waals surface area contributed by atoms with E-state index in [1.54, 1.807) is 0 Å². The van der Waals surface area contributed by atoms with Gasteiger partial charge in [-0.25, -0.2) is 0 Å². The van der Waals surface area contributed by atoms with E-state index in [0.29, 0.717) is 6.04 Å². The van der Waals surface area contributed by atoms with Crippen molar-refractivity contribution in [2.45, 2.75) is 25.3 Å². The quantitative estimate of drug-likeness (QED) is 0.621. The van der Waals surface area contributed by atoms with Crippen LogP contribution in [-0.4, -0.2) is 18.6 Å². The molecular weight excluding hydrogens is 130 g/mol. The van der Waals surface area contributed by atoms with Crippen molar-refractivity contribution in [1.29, 1.82) is 0 Å². The van der Waals surface area contributed by atoms with Gasteiger partial charge in [0, 0.05) is 6.04 Å². The molecule has 0 spiro atoms. The van der Waals surface area contributed by atoms with E-state index in [2.05, 4.69) is 17.2 Å². The van der Waals surface area contributed by atoms with Gasteiger partial charge < -0.3 is 10.1 Å². The van der Waals surface area contributed by atoms with E-state index < -0.39 is 0 Å². The molecule has 0 saturated heterocycles. The van der Waals surface area contributed by atoms with Crippen LogP contribution in [0.2, 0.25) is 0 Å². The summed E-state index contributed by atoms with van der Waals surface area (Å²) in [4.78, 5) is 10.8. The summed E-state index contributed by atoms with van der Waals surface area (Å²) in [6.07, 6.45) is 3.46. The number of ether oxygens (including phenoxy) is 1. The predicted octanol–water partition coefficient (Wildman–Crippen LogP) is 0.463. The van der Waals surface area contributed by atoms with Crippen LogP contribution in [0.5, 0.6) is 0 Å². The summed E-state index contributed by atoms with van der Waals surface area (Å²) >= 11 is 0. The molecule has 0 bridgehead atoms. The fourth-order valence-electron chi connectivity index (χ4n) is 0.915. The Balaban J connectivity index is 2.05. The standard InChI is InChI=1S/C7H12NO2/c1-10-5-7(9)8-6-3-2-4-6/h6H,1-5H2,(H,8,9). The molecule has 3 heteroatoms. The molecule has 3 nitrogen and oxygen atoms in total. The highest BCUT2D eigenvalue weighted by molar-refractivity contribution is 5.77. The highest BCUT2D eigenvalue weighted by Crippen LogP contribution is 2.17. The summed E-state index contributed by atoms with van der Waals surface area (Å²) in [5, 5.41) is 2.81. The molecule has 1 amide bonds. The molecule has 1 fully saturated rings. The van der Waals surface area contributed by atoms with E-state index in [9.17, 15) is 4.79 Å². The minimum Gasteiger partial charge on any atom is -0.369 e. The Kier molecular flexibility index (Phi) is 2.68. The highest BCUT2D eigenvalue weighted by Gasteiger charge is 2.18. The molecule has 1 saturated carbocycles. The van der Waals surface area contributed by atoms with Crippen molar-refractivity contribution in [3.63, 3.8) is 0 Å². The van der Waals surface area contributed by atoms with Crippen molar-refractivity contribution in [2.24, 2.45) is 0 Å². The zero-order chi connectivity index (χ0) is 7.40. The second kappa shape index (κ2) is 3.56. The van der Waals surface area contributed by atoms with Crippen LogP contribution in [0.15, 0.2) is 0 Å². The van der Waals surface area contributed by atoms with Gasteiger partial charge in [0.2, 0.25) is 5.91 Å². The largest absolute Gasteiger partial charge is 0.369 e. The van der Waals surface area contributed by atoms with E-state index in [-0.39, 0.29) is 12.5 Å². The Hall–Kier alpha value is -0.570. The van der Waals surface area contributed by atoms with Gasteiger partial charge in [0.05, 0.1) is 7.11 Å². The van der Waals surface area contributed by atoms with Crippen LogP contribution in [0.1, 0.15) is 19.3 Å². The summed E-state index contributed by atoms with van der Waals surface area (Å²) < 4.78 is 4.41. The third-order valence-corrected chi connectivity index (χ3v) is 1.70. The van der Waals surface area contributed by atoms with Gasteiger partial charge in [0.25, 0.3) is 0 Å². The van der Waals surface area contributed by atoms with Gasteiger partial charge in [-0.15, -0.1) is 0 Å². The van der Waals surface area contributed by atoms with E-state index in [0.717, 1.165) is 12.8 Å². The minimum atomic E-state index is -0.0558. The van der Waals surface area contributed by atoms with Gasteiger partial charge in [-0.05, 0) is 19.3 Å². The van der Waals surface area contributed by atoms with Crippen molar-refractivity contribution in [3.8, 4) is 0 Å². The number of hydrogen-bond acceptors (Lipinski definition) is 2. The van der Waals surface area contributed by atoms with Crippen molar-refractivity contribution in [3.05, 3.63) is 7.11 Å². The molecule has 0 aliphatic heterocycles. The zero-order valence-electron chi connectivity index (χ0n) is 5.93. The van der Waals surface area contributed by atoms with Gasteiger partial charge in [-0.1, -0.05) is 0 Å². The van der Waals surface area contributed by atoms with Crippen LogP contribution in [0.3, 0.4) is 0 Å². The zero-order valence-corrected chi connectivity index (χ0v) is 5.93. The second-order valence-corrected chi connectivity index (χ2v) is 2.54. The average molecular weight is 142 g/mol. The molecule has 1 aliphatic rings. The van der Waals surface area contributed by atoms with Crippen LogP contribution < -0.4 is 5.32 Å². The van der Waals surface area contributed by atoms with Gasteiger partial charge in [0.1, 0.15) is 6.61 Å². The minimum absolute atomic E-state index is 0.0558. The third kappa shape index (κ3) is 1.99. The molecule has 57 valence electrons. The van der Waals surface area contributed by atoms with Gasteiger partial charge in [-0.3, -0.25) is 4.79 Å². The lowest BCUT2D eigenvalue weighted by molar-refractivity contribution is -0.125. The Morgan fingerprint density at radius 2 is 2.40 bits per heavy atom. The van der Waals surface area contributed by atoms with Gasteiger partial charge in [-0.2, -0.15) is 0 Å². The maximum absolute atomic E-state index is 10.8. The summed E-state index contributed by atoms with van der Waals surface area (Å²) in [5.41, 5.74) is 0. The van der Waals surface area contributed by atoms with Crippen LogP contribution in [0, 0.1) is 7.11 Å². The molecule has 0 aromatic heterocycles. The topological polar surface area (TPSA) is 38.3 Å². The van der Waals surface area contributed by atoms with Crippen LogP contribution in [0.4, 0.5) is 0 Å². The number of hydrogen-bond donors (Lipinski definition) is 1. The Bertz CT molecular complexity index is 121. The molecule has 10 heavy (non-hydrogen) atoms. The summed E-state index contributed by atoms with van der Waals surface area (Å²) in [6.45, 7) is 0.0799. The molecule has 1 aliphatic carbocycles. The smallest absolute Gasteiger partial charge is 0.246 e. The molecule has 1 rings (SSSR count). The second-order valence-electron chi connectivity index (χ2n) is 2.54. The molecule has 1 N–H and O–H groups in total. The van der Waals surface area contributed by atoms with E-state index >= 15 is 0 Å². The monoisotopic (exact) mass is 142 g/mol. The Morgan fingerprint density at radius 3 is 2.80 bits per heavy atom. The normalized spacial score (nSPS) is 18.1. The molecule has 0 unspecified atom stereocenters. The lowest BCUT2D eigenvalue weighted by Crippen LogP contribution is -2.41. The number of nitrogens with one attached hydrogen (secondary N) is 1. The number of carbonyl (C=O) groups is 1. The van der Waals surface area contributed by atoms with Crippen molar-refractivity contribution < 1.29 is 9.53 Å². The lowest BCUT2D eigenvalue weighted by atomic mass is 9.93. The van der Waals surface area contributed by atoms with Crippen LogP contribution in [-0.2, 0) is 9.53 Å². The third-order valence-electron chi connectivity index (χ3n) is 1.70. The van der Waals surface area contributed by atoms with Crippen molar-refractivity contribution >= 4 is 5.91 Å². The molecule has 0 aromatic rings. The molecule has 0 aromatic carbocycles. The maximum Gasteiger partial charge on any atom is 0.246 e. The van der Waals surface area contributed by atoms with Crippen molar-refractivity contribution in [2.75, 3.05) is 6.61 Å². The van der Waals surface area contributed by atoms with Crippen molar-refractivity contribution in [1.82, 2.24) is 5.32 Å². The predicted molar refractivity (Wildman–Crippen MR) is 37.1 cm³/mol. The summed E-state index contributed by atoms with van der Waals surface area (Å²) in [6, 6.07) is 0.405. The first kappa shape index (κ1) is 7.54. The van der Waals surface area contributed by atoms with E-state index in [1.165, 1.54) is 6.42 Å². The average Bonchev–Trinajstić information content (AvgIpc) is 1.80. The van der Waals surface area contributed by atoms with E-state index in [4.69, 9.17) is 0 Å². The molecule has 0 heterocycles. The Morgan fingerprint density at radius 1 is 1.70 bits per heavy atom. The lowest BCUT2D eigenvalue weighted by Gasteiger charge is -2.26. The number of amides is 1. The molecular formula is C7H12NO2.